The maximum atomic E-state index is 11.7. The third-order valence-electron chi connectivity index (χ3n) is 2.82. The molecule has 0 aliphatic carbocycles. The maximum Gasteiger partial charge on any atom is 0.228 e. The summed E-state index contributed by atoms with van der Waals surface area (Å²) in [6.07, 6.45) is 0.440. The quantitative estimate of drug-likeness (QED) is 0.734. The molecule has 1 saturated heterocycles. The molecule has 1 amide bonds. The molecule has 2 rings (SSSR count). The van der Waals surface area contributed by atoms with E-state index in [0.29, 0.717) is 18.7 Å². The minimum absolute atomic E-state index is 0.0281. The Balaban J connectivity index is 2.44. The van der Waals surface area contributed by atoms with E-state index in [-0.39, 0.29) is 16.9 Å². The van der Waals surface area contributed by atoms with Crippen LogP contribution in [0.4, 0.5) is 5.69 Å². The van der Waals surface area contributed by atoms with E-state index in [1.165, 1.54) is 0 Å². The molecule has 1 aromatic rings. The number of aryl methyl sites for hydroxylation is 2. The van der Waals surface area contributed by atoms with Crippen molar-refractivity contribution >= 4 is 24.2 Å². The smallest absolute Gasteiger partial charge is 0.228 e. The standard InChI is InChI=1S/C12H15NO2S/c1-7-3-8(2)12(15)10(4-7)13-6-9(16)5-11(13)14/h3-4,9,15-16H,5-6H2,1-2H3. The molecule has 1 aliphatic rings. The van der Waals surface area contributed by atoms with Crippen LogP contribution in [0.1, 0.15) is 17.5 Å². The minimum atomic E-state index is 0.0281. The highest BCUT2D eigenvalue weighted by Crippen LogP contribution is 2.35. The number of rotatable bonds is 1. The Morgan fingerprint density at radius 3 is 2.69 bits per heavy atom. The molecule has 3 nitrogen and oxygen atoms in total. The molecular weight excluding hydrogens is 222 g/mol. The second-order valence-corrected chi connectivity index (χ2v) is 5.04. The first-order valence-electron chi connectivity index (χ1n) is 5.27. The molecule has 16 heavy (non-hydrogen) atoms. The normalized spacial score (nSPS) is 20.6. The lowest BCUT2D eigenvalue weighted by atomic mass is 10.1. The lowest BCUT2D eigenvalue weighted by molar-refractivity contribution is -0.117. The van der Waals surface area contributed by atoms with Gasteiger partial charge in [-0.3, -0.25) is 4.79 Å². The zero-order valence-corrected chi connectivity index (χ0v) is 10.3. The number of thiol groups is 1. The molecular formula is C12H15NO2S. The van der Waals surface area contributed by atoms with Crippen molar-refractivity contribution in [3.05, 3.63) is 23.3 Å². The lowest BCUT2D eigenvalue weighted by Gasteiger charge is -2.19. The number of nitrogens with zero attached hydrogens (tertiary/aromatic N) is 1. The summed E-state index contributed by atoms with van der Waals surface area (Å²) in [6.45, 7) is 4.36. The van der Waals surface area contributed by atoms with Crippen molar-refractivity contribution in [2.75, 3.05) is 11.4 Å². The van der Waals surface area contributed by atoms with Gasteiger partial charge in [0, 0.05) is 18.2 Å². The summed E-state index contributed by atoms with van der Waals surface area (Å²) in [5, 5.41) is 10.0. The molecule has 1 heterocycles. The molecule has 0 radical (unpaired) electrons. The second-order valence-electron chi connectivity index (χ2n) is 4.31. The fraction of sp³-hybridized carbons (Fsp3) is 0.417. The molecule has 1 aliphatic heterocycles. The van der Waals surface area contributed by atoms with Gasteiger partial charge >= 0.3 is 0 Å². The highest BCUT2D eigenvalue weighted by Gasteiger charge is 2.30. The molecule has 1 unspecified atom stereocenters. The number of hydrogen-bond acceptors (Lipinski definition) is 3. The summed E-state index contributed by atoms with van der Waals surface area (Å²) < 4.78 is 0. The first-order chi connectivity index (χ1) is 7.49. The first kappa shape index (κ1) is 11.3. The van der Waals surface area contributed by atoms with Crippen molar-refractivity contribution < 1.29 is 9.90 Å². The molecule has 1 atom stereocenters. The number of carbonyl (C=O) groups is 1. The van der Waals surface area contributed by atoms with E-state index in [2.05, 4.69) is 12.6 Å². The molecule has 1 fully saturated rings. The van der Waals surface area contributed by atoms with Gasteiger partial charge in [-0.1, -0.05) is 6.07 Å². The molecule has 4 heteroatoms. The van der Waals surface area contributed by atoms with Crippen molar-refractivity contribution in [2.45, 2.75) is 25.5 Å². The van der Waals surface area contributed by atoms with E-state index < -0.39 is 0 Å². The van der Waals surface area contributed by atoms with Crippen LogP contribution in [-0.4, -0.2) is 22.8 Å². The van der Waals surface area contributed by atoms with Gasteiger partial charge < -0.3 is 10.0 Å². The van der Waals surface area contributed by atoms with Crippen LogP contribution < -0.4 is 4.90 Å². The van der Waals surface area contributed by atoms with Gasteiger partial charge in [0.25, 0.3) is 0 Å². The third kappa shape index (κ3) is 1.89. The summed E-state index contributed by atoms with van der Waals surface area (Å²) in [5.74, 6) is 0.224. The Kier molecular flexibility index (Phi) is 2.84. The van der Waals surface area contributed by atoms with Crippen LogP contribution >= 0.6 is 12.6 Å². The molecule has 0 bridgehead atoms. The van der Waals surface area contributed by atoms with E-state index in [1.54, 1.807) is 4.90 Å². The number of carbonyl (C=O) groups excluding carboxylic acids is 1. The van der Waals surface area contributed by atoms with Crippen LogP contribution in [0, 0.1) is 13.8 Å². The number of hydrogen-bond donors (Lipinski definition) is 2. The number of amides is 1. The van der Waals surface area contributed by atoms with Crippen LogP contribution in [0.3, 0.4) is 0 Å². The summed E-state index contributed by atoms with van der Waals surface area (Å²) in [4.78, 5) is 13.3. The molecule has 1 aromatic carbocycles. The van der Waals surface area contributed by atoms with E-state index in [9.17, 15) is 9.90 Å². The fourth-order valence-corrected chi connectivity index (χ4v) is 2.38. The predicted octanol–water partition coefficient (Wildman–Crippen LogP) is 2.04. The number of aromatic hydroxyl groups is 1. The number of anilines is 1. The van der Waals surface area contributed by atoms with Gasteiger partial charge in [-0.2, -0.15) is 12.6 Å². The average Bonchev–Trinajstić information content (AvgIpc) is 2.51. The van der Waals surface area contributed by atoms with Gasteiger partial charge in [0.1, 0.15) is 5.75 Å². The number of benzene rings is 1. The molecule has 1 N–H and O–H groups in total. The summed E-state index contributed by atoms with van der Waals surface area (Å²) in [5.41, 5.74) is 2.45. The Bertz CT molecular complexity index is 445. The van der Waals surface area contributed by atoms with Gasteiger partial charge in [-0.25, -0.2) is 0 Å². The van der Waals surface area contributed by atoms with Crippen molar-refractivity contribution in [1.29, 1.82) is 0 Å². The van der Waals surface area contributed by atoms with Gasteiger partial charge in [-0.05, 0) is 31.0 Å². The summed E-state index contributed by atoms with van der Waals surface area (Å²) in [6, 6.07) is 3.74. The first-order valence-corrected chi connectivity index (χ1v) is 5.79. The van der Waals surface area contributed by atoms with Crippen LogP contribution in [0.2, 0.25) is 0 Å². The predicted molar refractivity (Wildman–Crippen MR) is 67.3 cm³/mol. The van der Waals surface area contributed by atoms with Gasteiger partial charge in [0.15, 0.2) is 0 Å². The van der Waals surface area contributed by atoms with Crippen LogP contribution in [0.25, 0.3) is 0 Å². The lowest BCUT2D eigenvalue weighted by Crippen LogP contribution is -2.24. The Morgan fingerprint density at radius 2 is 2.12 bits per heavy atom. The van der Waals surface area contributed by atoms with Crippen LogP contribution in [0.15, 0.2) is 12.1 Å². The fourth-order valence-electron chi connectivity index (χ4n) is 2.06. The monoisotopic (exact) mass is 237 g/mol. The van der Waals surface area contributed by atoms with Crippen LogP contribution in [-0.2, 0) is 4.79 Å². The third-order valence-corrected chi connectivity index (χ3v) is 3.17. The Morgan fingerprint density at radius 1 is 1.44 bits per heavy atom. The molecule has 86 valence electrons. The average molecular weight is 237 g/mol. The van der Waals surface area contributed by atoms with Crippen LogP contribution in [0.5, 0.6) is 5.75 Å². The largest absolute Gasteiger partial charge is 0.505 e. The topological polar surface area (TPSA) is 40.5 Å². The Labute approximate surface area is 100 Å². The highest BCUT2D eigenvalue weighted by molar-refractivity contribution is 7.81. The van der Waals surface area contributed by atoms with E-state index >= 15 is 0 Å². The van der Waals surface area contributed by atoms with Gasteiger partial charge in [0.2, 0.25) is 5.91 Å². The SMILES string of the molecule is Cc1cc(C)c(O)c(N2CC(S)CC2=O)c1. The van der Waals surface area contributed by atoms with Crippen molar-refractivity contribution in [3.8, 4) is 5.75 Å². The van der Waals surface area contributed by atoms with Crippen molar-refractivity contribution in [3.63, 3.8) is 0 Å². The van der Waals surface area contributed by atoms with Gasteiger partial charge in [-0.15, -0.1) is 0 Å². The summed E-state index contributed by atoms with van der Waals surface area (Å²) >= 11 is 4.30. The maximum absolute atomic E-state index is 11.7. The molecule has 0 spiro atoms. The zero-order valence-electron chi connectivity index (χ0n) is 9.40. The number of phenols is 1. The summed E-state index contributed by atoms with van der Waals surface area (Å²) in [7, 11) is 0. The van der Waals surface area contributed by atoms with Crippen molar-refractivity contribution in [2.24, 2.45) is 0 Å². The second kappa shape index (κ2) is 4.01. The number of phenolic OH excluding ortho intramolecular Hbond substituents is 1. The van der Waals surface area contributed by atoms with E-state index in [4.69, 9.17) is 0 Å². The minimum Gasteiger partial charge on any atom is -0.505 e. The molecule has 0 saturated carbocycles. The molecule has 0 aromatic heterocycles. The van der Waals surface area contributed by atoms with E-state index in [1.807, 2.05) is 26.0 Å². The van der Waals surface area contributed by atoms with E-state index in [0.717, 1.165) is 11.1 Å². The zero-order chi connectivity index (χ0) is 11.9. The van der Waals surface area contributed by atoms with Crippen molar-refractivity contribution in [1.82, 2.24) is 0 Å². The van der Waals surface area contributed by atoms with Gasteiger partial charge in [0.05, 0.1) is 5.69 Å². The highest BCUT2D eigenvalue weighted by atomic mass is 32.1. The Hall–Kier alpha value is -1.16.